The molecule has 2 N–H and O–H groups in total. The molecule has 0 saturated heterocycles. The van der Waals surface area contributed by atoms with E-state index in [0.717, 1.165) is 0 Å². The van der Waals surface area contributed by atoms with Gasteiger partial charge >= 0.3 is 0 Å². The fourth-order valence-electron chi connectivity index (χ4n) is 2.78. The van der Waals surface area contributed by atoms with Gasteiger partial charge in [0.05, 0.1) is 16.8 Å². The summed E-state index contributed by atoms with van der Waals surface area (Å²) < 4.78 is 29.4. The maximum absolute atomic E-state index is 12.7. The van der Waals surface area contributed by atoms with Gasteiger partial charge in [-0.05, 0) is 18.2 Å². The summed E-state index contributed by atoms with van der Waals surface area (Å²) in [7, 11) is -2.09. The molecule has 0 saturated carbocycles. The molecule has 0 aliphatic carbocycles. The Labute approximate surface area is 132 Å². The topological polar surface area (TPSA) is 93.1 Å². The molecule has 2 aromatic carbocycles. The maximum Gasteiger partial charge on any atom is 0.262 e. The van der Waals surface area contributed by atoms with Gasteiger partial charge in [-0.25, -0.2) is 8.42 Å². The standard InChI is InChI=1S/C15H12N4O3S/c1-19-8-9(7-16-19)18-23(21,22)13-6-5-12-14-10(13)3-2-4-11(14)15(20)17-12/h2-8,18H,1H3,(H,17,20). The zero-order chi connectivity index (χ0) is 16.2. The molecule has 0 spiro atoms. The summed E-state index contributed by atoms with van der Waals surface area (Å²) >= 11 is 0. The monoisotopic (exact) mass is 328 g/mol. The molecule has 3 aromatic rings. The zero-order valence-electron chi connectivity index (χ0n) is 12.1. The van der Waals surface area contributed by atoms with Gasteiger partial charge in [0, 0.05) is 35.3 Å². The molecule has 1 amide bonds. The summed E-state index contributed by atoms with van der Waals surface area (Å²) in [5.74, 6) is -0.222. The van der Waals surface area contributed by atoms with Crippen molar-refractivity contribution in [3.05, 3.63) is 48.3 Å². The molecule has 0 fully saturated rings. The lowest BCUT2D eigenvalue weighted by atomic mass is 10.1. The second kappa shape index (κ2) is 4.56. The number of aryl methyl sites for hydroxylation is 1. The normalized spacial score (nSPS) is 13.3. The van der Waals surface area contributed by atoms with Gasteiger partial charge in [0.25, 0.3) is 15.9 Å². The Morgan fingerprint density at radius 1 is 1.22 bits per heavy atom. The number of anilines is 2. The predicted molar refractivity (Wildman–Crippen MR) is 85.9 cm³/mol. The van der Waals surface area contributed by atoms with Crippen molar-refractivity contribution in [2.75, 3.05) is 10.0 Å². The van der Waals surface area contributed by atoms with Crippen LogP contribution in [0.3, 0.4) is 0 Å². The minimum Gasteiger partial charge on any atom is -0.321 e. The van der Waals surface area contributed by atoms with Crippen molar-refractivity contribution in [1.82, 2.24) is 9.78 Å². The van der Waals surface area contributed by atoms with E-state index in [1.165, 1.54) is 16.9 Å². The van der Waals surface area contributed by atoms with Gasteiger partial charge in [0.2, 0.25) is 0 Å². The number of rotatable bonds is 3. The van der Waals surface area contributed by atoms with E-state index >= 15 is 0 Å². The van der Waals surface area contributed by atoms with Crippen LogP contribution in [0.15, 0.2) is 47.6 Å². The summed E-state index contributed by atoms with van der Waals surface area (Å²) in [6.45, 7) is 0. The van der Waals surface area contributed by atoms with Crippen LogP contribution >= 0.6 is 0 Å². The first-order valence-electron chi connectivity index (χ1n) is 6.84. The van der Waals surface area contributed by atoms with E-state index in [4.69, 9.17) is 0 Å². The highest BCUT2D eigenvalue weighted by Gasteiger charge is 2.26. The SMILES string of the molecule is Cn1cc(NS(=O)(=O)c2ccc3c4c(cccc24)C(=O)N3)cn1. The highest BCUT2D eigenvalue weighted by molar-refractivity contribution is 7.93. The van der Waals surface area contributed by atoms with Gasteiger partial charge in [-0.1, -0.05) is 12.1 Å². The van der Waals surface area contributed by atoms with Crippen LogP contribution in [0, 0.1) is 0 Å². The van der Waals surface area contributed by atoms with E-state index < -0.39 is 10.0 Å². The summed E-state index contributed by atoms with van der Waals surface area (Å²) in [5.41, 5.74) is 1.49. The lowest BCUT2D eigenvalue weighted by Crippen LogP contribution is -2.13. The zero-order valence-corrected chi connectivity index (χ0v) is 12.9. The van der Waals surface area contributed by atoms with Crippen molar-refractivity contribution in [2.24, 2.45) is 7.05 Å². The third kappa shape index (κ3) is 2.07. The minimum absolute atomic E-state index is 0.124. The largest absolute Gasteiger partial charge is 0.321 e. The molecule has 116 valence electrons. The number of carbonyl (C=O) groups excluding carboxylic acids is 1. The van der Waals surface area contributed by atoms with Gasteiger partial charge in [0.1, 0.15) is 0 Å². The highest BCUT2D eigenvalue weighted by atomic mass is 32.2. The first-order chi connectivity index (χ1) is 11.0. The van der Waals surface area contributed by atoms with Crippen LogP contribution in [0.5, 0.6) is 0 Å². The molecule has 4 rings (SSSR count). The Morgan fingerprint density at radius 2 is 2.04 bits per heavy atom. The molecule has 0 radical (unpaired) electrons. The Bertz CT molecular complexity index is 1070. The Morgan fingerprint density at radius 3 is 2.78 bits per heavy atom. The number of benzene rings is 2. The van der Waals surface area contributed by atoms with Crippen LogP contribution in [0.2, 0.25) is 0 Å². The Balaban J connectivity index is 1.90. The third-order valence-corrected chi connectivity index (χ3v) is 5.18. The molecule has 1 aliphatic rings. The molecule has 8 heteroatoms. The number of sulfonamides is 1. The van der Waals surface area contributed by atoms with E-state index in [-0.39, 0.29) is 10.8 Å². The molecule has 0 atom stereocenters. The van der Waals surface area contributed by atoms with Gasteiger partial charge < -0.3 is 5.32 Å². The van der Waals surface area contributed by atoms with E-state index in [1.54, 1.807) is 37.5 Å². The van der Waals surface area contributed by atoms with Gasteiger partial charge in [-0.3, -0.25) is 14.2 Å². The predicted octanol–water partition coefficient (Wildman–Crippen LogP) is 1.94. The van der Waals surface area contributed by atoms with Crippen molar-refractivity contribution >= 4 is 38.1 Å². The number of nitrogens with zero attached hydrogens (tertiary/aromatic N) is 2. The van der Waals surface area contributed by atoms with Crippen LogP contribution in [0.4, 0.5) is 11.4 Å². The van der Waals surface area contributed by atoms with E-state index in [0.29, 0.717) is 27.7 Å². The number of aromatic nitrogens is 2. The number of carbonyl (C=O) groups is 1. The summed E-state index contributed by atoms with van der Waals surface area (Å²) in [6, 6.07) is 8.15. The van der Waals surface area contributed by atoms with E-state index in [2.05, 4.69) is 15.1 Å². The molecule has 0 unspecified atom stereocenters. The molecular formula is C15H12N4O3S. The van der Waals surface area contributed by atoms with Crippen LogP contribution < -0.4 is 10.0 Å². The summed E-state index contributed by atoms with van der Waals surface area (Å²) in [5, 5.41) is 7.82. The Hall–Kier alpha value is -2.87. The average molecular weight is 328 g/mol. The maximum atomic E-state index is 12.7. The van der Waals surface area contributed by atoms with Crippen molar-refractivity contribution in [3.63, 3.8) is 0 Å². The van der Waals surface area contributed by atoms with E-state index in [1.807, 2.05) is 0 Å². The lowest BCUT2D eigenvalue weighted by Gasteiger charge is -2.10. The van der Waals surface area contributed by atoms with Crippen LogP contribution in [-0.4, -0.2) is 24.1 Å². The van der Waals surface area contributed by atoms with Gasteiger partial charge in [0.15, 0.2) is 0 Å². The van der Waals surface area contributed by atoms with Crippen LogP contribution in [0.25, 0.3) is 10.8 Å². The first-order valence-corrected chi connectivity index (χ1v) is 8.32. The van der Waals surface area contributed by atoms with Crippen molar-refractivity contribution < 1.29 is 13.2 Å². The van der Waals surface area contributed by atoms with E-state index in [9.17, 15) is 13.2 Å². The quantitative estimate of drug-likeness (QED) is 0.768. The summed E-state index contributed by atoms with van der Waals surface area (Å²) in [4.78, 5) is 12.0. The number of nitrogens with one attached hydrogen (secondary N) is 2. The molecule has 7 nitrogen and oxygen atoms in total. The third-order valence-electron chi connectivity index (χ3n) is 3.74. The molecule has 23 heavy (non-hydrogen) atoms. The lowest BCUT2D eigenvalue weighted by molar-refractivity contribution is 0.103. The molecular weight excluding hydrogens is 316 g/mol. The fraction of sp³-hybridized carbons (Fsp3) is 0.0667. The summed E-state index contributed by atoms with van der Waals surface area (Å²) in [6.07, 6.45) is 3.01. The molecule has 2 heterocycles. The highest BCUT2D eigenvalue weighted by Crippen LogP contribution is 2.36. The van der Waals surface area contributed by atoms with Crippen LogP contribution in [0.1, 0.15) is 10.4 Å². The molecule has 1 aliphatic heterocycles. The average Bonchev–Trinajstić information content (AvgIpc) is 3.04. The fourth-order valence-corrected chi connectivity index (χ4v) is 4.01. The number of hydrogen-bond donors (Lipinski definition) is 2. The van der Waals surface area contributed by atoms with Crippen LogP contribution in [-0.2, 0) is 17.1 Å². The van der Waals surface area contributed by atoms with Crippen molar-refractivity contribution in [2.45, 2.75) is 4.90 Å². The van der Waals surface area contributed by atoms with Crippen molar-refractivity contribution in [1.29, 1.82) is 0 Å². The number of amides is 1. The Kier molecular flexibility index (Phi) is 2.73. The van der Waals surface area contributed by atoms with Gasteiger partial charge in [-0.2, -0.15) is 5.10 Å². The second-order valence-corrected chi connectivity index (χ2v) is 6.95. The number of hydrogen-bond acceptors (Lipinski definition) is 4. The minimum atomic E-state index is -3.79. The van der Waals surface area contributed by atoms with Crippen molar-refractivity contribution in [3.8, 4) is 0 Å². The second-order valence-electron chi connectivity index (χ2n) is 5.30. The smallest absolute Gasteiger partial charge is 0.262 e. The molecule has 0 bridgehead atoms. The molecule has 1 aromatic heterocycles. The van der Waals surface area contributed by atoms with Gasteiger partial charge in [-0.15, -0.1) is 0 Å². The first kappa shape index (κ1) is 13.8.